The summed E-state index contributed by atoms with van der Waals surface area (Å²) in [6, 6.07) is 53.4. The molecule has 0 amide bonds. The third-order valence-corrected chi connectivity index (χ3v) is 12.6. The molecule has 0 atom stereocenters. The van der Waals surface area contributed by atoms with Crippen LogP contribution in [0.5, 0.6) is 0 Å². The van der Waals surface area contributed by atoms with Crippen molar-refractivity contribution in [2.75, 3.05) is 0 Å². The van der Waals surface area contributed by atoms with Crippen LogP contribution >= 0.6 is 0 Å². The van der Waals surface area contributed by atoms with Gasteiger partial charge >= 0.3 is 344 Å². The zero-order valence-electron chi connectivity index (χ0n) is 33.5. The second-order valence-electron chi connectivity index (χ2n) is 16.1. The average molecular weight is 753 g/mol. The first-order valence-electron chi connectivity index (χ1n) is 20.9. The van der Waals surface area contributed by atoms with Gasteiger partial charge in [-0.2, -0.15) is 0 Å². The predicted molar refractivity (Wildman–Crippen MR) is 257 cm³/mol. The van der Waals surface area contributed by atoms with Gasteiger partial charge in [0, 0.05) is 0 Å². The molecule has 3 aliphatic carbocycles. The molecule has 0 radical (unpaired) electrons. The van der Waals surface area contributed by atoms with Crippen molar-refractivity contribution < 1.29 is 0 Å². The quantitative estimate of drug-likeness (QED) is 0.112. The number of rotatable bonds is 7. The molecule has 0 saturated heterocycles. The van der Waals surface area contributed by atoms with Crippen LogP contribution < -0.4 is 15.9 Å². The Hall–Kier alpha value is -6.83. The maximum absolute atomic E-state index is 4.43. The van der Waals surface area contributed by atoms with Crippen LogP contribution in [0.3, 0.4) is 0 Å². The SMILES string of the molecule is C=C1/C=C\C=C/Cc2c1ccc1c(-c3ccc(B=C/C=C(\C=C/c4ccc(-c5ccccc5)cc4)C4(C)c5ccccc5-c5ccccc54)cc3)cc3c(c21)=CCCC=3. The molecule has 0 heterocycles. The van der Waals surface area contributed by atoms with Crippen molar-refractivity contribution in [3.05, 3.63) is 232 Å². The Balaban J connectivity index is 1.02. The van der Waals surface area contributed by atoms with Gasteiger partial charge in [-0.15, -0.1) is 0 Å². The number of allylic oxidation sites excluding steroid dienone is 8. The Bertz CT molecular complexity index is 3010. The number of fused-ring (bicyclic) bond motifs is 8. The molecule has 0 unspecified atom stereocenters. The van der Waals surface area contributed by atoms with Gasteiger partial charge in [0.1, 0.15) is 0 Å². The van der Waals surface area contributed by atoms with Crippen molar-refractivity contribution in [2.24, 2.45) is 0 Å². The molecule has 59 heavy (non-hydrogen) atoms. The summed E-state index contributed by atoms with van der Waals surface area (Å²) in [4.78, 5) is 0. The summed E-state index contributed by atoms with van der Waals surface area (Å²) in [7, 11) is 0. The molecule has 0 spiro atoms. The fraction of sp³-hybridized carbons (Fsp3) is 0.0862. The molecule has 0 aliphatic heterocycles. The van der Waals surface area contributed by atoms with E-state index in [4.69, 9.17) is 0 Å². The van der Waals surface area contributed by atoms with Crippen molar-refractivity contribution in [1.29, 1.82) is 0 Å². The Morgan fingerprint density at radius 3 is 2.08 bits per heavy atom. The Kier molecular flexibility index (Phi) is 9.59. The average Bonchev–Trinajstić information content (AvgIpc) is 3.55. The van der Waals surface area contributed by atoms with E-state index in [1.54, 1.807) is 0 Å². The Morgan fingerprint density at radius 2 is 1.32 bits per heavy atom. The topological polar surface area (TPSA) is 0 Å². The first-order valence-corrected chi connectivity index (χ1v) is 20.9. The molecule has 3 aliphatic rings. The molecule has 0 nitrogen and oxygen atoms in total. The van der Waals surface area contributed by atoms with Crippen LogP contribution in [-0.4, -0.2) is 12.9 Å². The summed E-state index contributed by atoms with van der Waals surface area (Å²) < 4.78 is 0. The number of benzene rings is 7. The maximum atomic E-state index is 4.43. The van der Waals surface area contributed by atoms with E-state index < -0.39 is 0 Å². The summed E-state index contributed by atoms with van der Waals surface area (Å²) in [6.07, 6.45) is 23.5. The van der Waals surface area contributed by atoms with E-state index in [9.17, 15) is 0 Å². The summed E-state index contributed by atoms with van der Waals surface area (Å²) in [5.74, 6) is 2.23. The van der Waals surface area contributed by atoms with E-state index >= 15 is 0 Å². The van der Waals surface area contributed by atoms with Crippen molar-refractivity contribution in [2.45, 2.75) is 31.6 Å². The van der Waals surface area contributed by atoms with E-state index in [0.29, 0.717) is 0 Å². The normalized spacial score (nSPS) is 16.2. The van der Waals surface area contributed by atoms with Gasteiger partial charge in [-0.25, -0.2) is 0 Å². The first kappa shape index (κ1) is 36.5. The van der Waals surface area contributed by atoms with Gasteiger partial charge in [-0.05, 0) is 0 Å². The van der Waals surface area contributed by atoms with Crippen LogP contribution in [0.15, 0.2) is 194 Å². The summed E-state index contributed by atoms with van der Waals surface area (Å²) in [6.45, 7) is 9.06. The van der Waals surface area contributed by atoms with E-state index in [2.05, 4.69) is 227 Å². The van der Waals surface area contributed by atoms with Crippen LogP contribution in [0.25, 0.3) is 68.0 Å². The zero-order valence-corrected chi connectivity index (χ0v) is 33.5. The minimum atomic E-state index is -0.320. The Morgan fingerprint density at radius 1 is 0.644 bits per heavy atom. The number of hydrogen-bond donors (Lipinski definition) is 0. The molecular formula is C58H45B. The van der Waals surface area contributed by atoms with Gasteiger partial charge in [0.25, 0.3) is 0 Å². The molecule has 7 aromatic carbocycles. The zero-order chi connectivity index (χ0) is 39.8. The van der Waals surface area contributed by atoms with Crippen molar-refractivity contribution in [3.63, 3.8) is 0 Å². The molecule has 7 aromatic rings. The third kappa shape index (κ3) is 6.67. The fourth-order valence-electron chi connectivity index (χ4n) is 9.56. The van der Waals surface area contributed by atoms with E-state index in [0.717, 1.165) is 24.8 Å². The molecule has 1 heteroatoms. The standard InChI is InChI=1S/C58H45B/c1-40-15-5-3-8-22-52-48(40)35-36-53-54(39-45-18-9-10-19-49(45)57(52)53)44-30-33-47(34-31-44)59-38-37-46(32-27-41-25-28-43(29-26-41)42-16-6-4-7-17-42)58(2)55-23-13-11-20-50(55)51-21-12-14-24-56(51)58/h3-8,11-21,23-39H,1,9-10,22H2,2H3/b8-3-,15-5-,32-27-,46-37+. The van der Waals surface area contributed by atoms with Gasteiger partial charge in [0.2, 0.25) is 0 Å². The van der Waals surface area contributed by atoms with Crippen LogP contribution in [0.1, 0.15) is 47.6 Å². The van der Waals surface area contributed by atoms with Gasteiger partial charge in [0.05, 0.1) is 0 Å². The van der Waals surface area contributed by atoms with Crippen LogP contribution in [0.2, 0.25) is 0 Å². The third-order valence-electron chi connectivity index (χ3n) is 12.6. The fourth-order valence-corrected chi connectivity index (χ4v) is 9.56. The molecule has 0 saturated carbocycles. The summed E-state index contributed by atoms with van der Waals surface area (Å²) >= 11 is 0. The van der Waals surface area contributed by atoms with Gasteiger partial charge in [0.15, 0.2) is 0 Å². The molecule has 0 bridgehead atoms. The Labute approximate surface area is 348 Å². The van der Waals surface area contributed by atoms with E-state index in [-0.39, 0.29) is 5.41 Å². The van der Waals surface area contributed by atoms with Crippen molar-refractivity contribution in [1.82, 2.24) is 0 Å². The molecule has 0 fully saturated rings. The van der Waals surface area contributed by atoms with Crippen LogP contribution in [0.4, 0.5) is 0 Å². The van der Waals surface area contributed by atoms with Crippen LogP contribution in [0, 0.1) is 0 Å². The molecule has 10 rings (SSSR count). The van der Waals surface area contributed by atoms with Gasteiger partial charge in [-0.1, -0.05) is 6.07 Å². The first-order chi connectivity index (χ1) is 29.1. The monoisotopic (exact) mass is 752 g/mol. The number of hydrogen-bond acceptors (Lipinski definition) is 0. The molecule has 0 N–H and O–H groups in total. The van der Waals surface area contributed by atoms with Crippen LogP contribution in [-0.2, 0) is 11.8 Å². The van der Waals surface area contributed by atoms with E-state index in [1.807, 2.05) is 0 Å². The predicted octanol–water partition coefficient (Wildman–Crippen LogP) is 12.0. The minimum absolute atomic E-state index is 0.320. The molecule has 0 aromatic heterocycles. The summed E-state index contributed by atoms with van der Waals surface area (Å²) in [5, 5.41) is 5.39. The molecular weight excluding hydrogens is 707 g/mol. The van der Waals surface area contributed by atoms with E-state index in [1.165, 1.54) is 93.4 Å². The molecule has 280 valence electrons. The van der Waals surface area contributed by atoms with Crippen molar-refractivity contribution in [3.8, 4) is 33.4 Å². The van der Waals surface area contributed by atoms with Gasteiger partial charge < -0.3 is 0 Å². The van der Waals surface area contributed by atoms with Gasteiger partial charge in [-0.3, -0.25) is 0 Å². The summed E-state index contributed by atoms with van der Waals surface area (Å²) in [5.41, 5.74) is 17.2. The van der Waals surface area contributed by atoms with Crippen molar-refractivity contribution >= 4 is 52.9 Å². The second kappa shape index (κ2) is 15.5. The second-order valence-corrected chi connectivity index (χ2v) is 16.1.